The van der Waals surface area contributed by atoms with Crippen molar-refractivity contribution in [3.63, 3.8) is 0 Å². The van der Waals surface area contributed by atoms with Crippen LogP contribution in [0.3, 0.4) is 0 Å². The number of hydrogen-bond donors (Lipinski definition) is 0. The highest BCUT2D eigenvalue weighted by Crippen LogP contribution is 2.41. The second kappa shape index (κ2) is 7.61. The fourth-order valence-corrected chi connectivity index (χ4v) is 4.10. The fraction of sp³-hybridized carbons (Fsp3) is 0.632. The van der Waals surface area contributed by atoms with Crippen molar-refractivity contribution in [1.82, 2.24) is 14.4 Å². The summed E-state index contributed by atoms with van der Waals surface area (Å²) < 4.78 is 6.52. The average molecular weight is 361 g/mol. The zero-order valence-corrected chi connectivity index (χ0v) is 15.6. The first-order chi connectivity index (χ1) is 12.5. The third kappa shape index (κ3) is 3.40. The van der Waals surface area contributed by atoms with Gasteiger partial charge in [-0.15, -0.1) is 0 Å². The lowest BCUT2D eigenvalue weighted by Gasteiger charge is -2.46. The molecule has 2 aliphatic heterocycles. The molecule has 3 rings (SSSR count). The van der Waals surface area contributed by atoms with Gasteiger partial charge in [-0.2, -0.15) is 0 Å². The summed E-state index contributed by atoms with van der Waals surface area (Å²) in [5.41, 5.74) is -0.440. The molecule has 0 bridgehead atoms. The maximum Gasteiger partial charge on any atom is 0.263 e. The van der Waals surface area contributed by atoms with Crippen LogP contribution < -0.4 is 5.56 Å². The number of rotatable bonds is 4. The summed E-state index contributed by atoms with van der Waals surface area (Å²) in [5, 5.41) is 0. The summed E-state index contributed by atoms with van der Waals surface area (Å²) in [6.45, 7) is 2.98. The van der Waals surface area contributed by atoms with Gasteiger partial charge in [0.1, 0.15) is 5.56 Å². The van der Waals surface area contributed by atoms with E-state index < -0.39 is 0 Å². The maximum atomic E-state index is 13.0. The van der Waals surface area contributed by atoms with Crippen LogP contribution in [0.25, 0.3) is 0 Å². The third-order valence-electron chi connectivity index (χ3n) is 5.75. The molecule has 142 valence electrons. The number of pyridine rings is 1. The van der Waals surface area contributed by atoms with Crippen LogP contribution in [0.5, 0.6) is 0 Å². The van der Waals surface area contributed by atoms with E-state index in [1.807, 2.05) is 4.90 Å². The molecule has 0 radical (unpaired) electrons. The quantitative estimate of drug-likeness (QED) is 0.798. The molecule has 2 amide bonds. The maximum absolute atomic E-state index is 13.0. The van der Waals surface area contributed by atoms with Crippen LogP contribution >= 0.6 is 0 Å². The van der Waals surface area contributed by atoms with E-state index in [4.69, 9.17) is 4.74 Å². The Bertz CT molecular complexity index is 735. The van der Waals surface area contributed by atoms with Crippen molar-refractivity contribution < 1.29 is 14.3 Å². The Morgan fingerprint density at radius 3 is 2.62 bits per heavy atom. The highest BCUT2D eigenvalue weighted by molar-refractivity contribution is 5.94. The minimum atomic E-state index is -0.357. The number of nitrogens with zero attached hydrogens (tertiary/aromatic N) is 3. The van der Waals surface area contributed by atoms with Crippen LogP contribution in [0.15, 0.2) is 23.1 Å². The molecule has 2 fully saturated rings. The molecule has 2 aliphatic rings. The van der Waals surface area contributed by atoms with Crippen molar-refractivity contribution in [2.75, 3.05) is 39.9 Å². The van der Waals surface area contributed by atoms with E-state index in [-0.39, 0.29) is 28.4 Å². The van der Waals surface area contributed by atoms with Gasteiger partial charge < -0.3 is 19.1 Å². The Kier molecular flexibility index (Phi) is 5.46. The highest BCUT2D eigenvalue weighted by atomic mass is 16.5. The Labute approximate surface area is 153 Å². The van der Waals surface area contributed by atoms with Gasteiger partial charge in [-0.25, -0.2) is 0 Å². The smallest absolute Gasteiger partial charge is 0.263 e. The lowest BCUT2D eigenvalue weighted by atomic mass is 9.71. The molecular formula is C19H27N3O4. The topological polar surface area (TPSA) is 71.8 Å². The Balaban J connectivity index is 1.68. The molecule has 0 unspecified atom stereocenters. The van der Waals surface area contributed by atoms with E-state index in [0.29, 0.717) is 39.1 Å². The molecule has 7 heteroatoms. The lowest BCUT2D eigenvalue weighted by Crippen LogP contribution is -2.55. The Hall–Kier alpha value is -2.15. The van der Waals surface area contributed by atoms with Gasteiger partial charge in [-0.1, -0.05) is 0 Å². The number of carbonyl (C=O) groups excluding carboxylic acids is 2. The monoisotopic (exact) mass is 361 g/mol. The summed E-state index contributed by atoms with van der Waals surface area (Å²) >= 11 is 0. The standard InChI is InChI=1S/C19H27N3O4/c1-20-9-3-5-15(16(20)23)17(24)21-11-7-19(8-12-21)6-4-10-22(18(19)25)13-14-26-2/h3,5,9H,4,6-8,10-14H2,1-2H3. The van der Waals surface area contributed by atoms with Crippen LogP contribution in [-0.2, 0) is 16.6 Å². The summed E-state index contributed by atoms with van der Waals surface area (Å²) in [6.07, 6.45) is 4.83. The van der Waals surface area contributed by atoms with Crippen molar-refractivity contribution >= 4 is 11.8 Å². The third-order valence-corrected chi connectivity index (χ3v) is 5.75. The number of carbonyl (C=O) groups is 2. The van der Waals surface area contributed by atoms with Gasteiger partial charge >= 0.3 is 0 Å². The molecule has 0 saturated carbocycles. The molecule has 1 aromatic rings. The van der Waals surface area contributed by atoms with E-state index in [0.717, 1.165) is 19.4 Å². The first-order valence-corrected chi connectivity index (χ1v) is 9.22. The SMILES string of the molecule is COCCN1CCCC2(CCN(C(=O)c3cccn(C)c3=O)CC2)C1=O. The van der Waals surface area contributed by atoms with Gasteiger partial charge in [0.15, 0.2) is 0 Å². The number of likely N-dealkylation sites (tertiary alicyclic amines) is 2. The number of hydrogen-bond acceptors (Lipinski definition) is 4. The summed E-state index contributed by atoms with van der Waals surface area (Å²) in [5.74, 6) is -0.0379. The molecular weight excluding hydrogens is 334 g/mol. The van der Waals surface area contributed by atoms with Crippen molar-refractivity contribution in [2.24, 2.45) is 12.5 Å². The summed E-state index contributed by atoms with van der Waals surface area (Å²) in [6, 6.07) is 3.28. The second-order valence-corrected chi connectivity index (χ2v) is 7.30. The zero-order chi connectivity index (χ0) is 18.7. The zero-order valence-electron chi connectivity index (χ0n) is 15.6. The number of piperidine rings is 2. The molecule has 0 aromatic carbocycles. The molecule has 3 heterocycles. The van der Waals surface area contributed by atoms with Crippen LogP contribution in [0.2, 0.25) is 0 Å². The van der Waals surface area contributed by atoms with E-state index >= 15 is 0 Å². The second-order valence-electron chi connectivity index (χ2n) is 7.30. The van der Waals surface area contributed by atoms with Crippen LogP contribution in [0, 0.1) is 5.41 Å². The predicted octanol–water partition coefficient (Wildman–Crippen LogP) is 0.877. The van der Waals surface area contributed by atoms with Gasteiger partial charge in [-0.3, -0.25) is 14.4 Å². The van der Waals surface area contributed by atoms with E-state index in [2.05, 4.69) is 0 Å². The highest BCUT2D eigenvalue weighted by Gasteiger charge is 2.46. The van der Waals surface area contributed by atoms with Crippen molar-refractivity contribution in [3.05, 3.63) is 34.2 Å². The van der Waals surface area contributed by atoms with E-state index in [1.54, 1.807) is 37.4 Å². The molecule has 26 heavy (non-hydrogen) atoms. The average Bonchev–Trinajstić information content (AvgIpc) is 2.65. The molecule has 1 spiro atoms. The minimum absolute atomic E-state index is 0.197. The number of ether oxygens (including phenoxy) is 1. The van der Waals surface area contributed by atoms with Gasteiger partial charge in [0.05, 0.1) is 12.0 Å². The van der Waals surface area contributed by atoms with Gasteiger partial charge in [-0.05, 0) is 37.8 Å². The van der Waals surface area contributed by atoms with Crippen molar-refractivity contribution in [3.8, 4) is 0 Å². The number of methoxy groups -OCH3 is 1. The molecule has 0 N–H and O–H groups in total. The van der Waals surface area contributed by atoms with Crippen LogP contribution in [-0.4, -0.2) is 66.1 Å². The molecule has 2 saturated heterocycles. The van der Waals surface area contributed by atoms with E-state index in [1.165, 1.54) is 4.57 Å². The van der Waals surface area contributed by atoms with Crippen LogP contribution in [0.4, 0.5) is 0 Å². The minimum Gasteiger partial charge on any atom is -0.383 e. The number of aromatic nitrogens is 1. The van der Waals surface area contributed by atoms with Crippen molar-refractivity contribution in [1.29, 1.82) is 0 Å². The number of amides is 2. The number of aryl methyl sites for hydroxylation is 1. The normalized spacial score (nSPS) is 19.8. The summed E-state index contributed by atoms with van der Waals surface area (Å²) in [7, 11) is 3.28. The first-order valence-electron chi connectivity index (χ1n) is 9.22. The largest absolute Gasteiger partial charge is 0.383 e. The van der Waals surface area contributed by atoms with Gasteiger partial charge in [0, 0.05) is 46.5 Å². The van der Waals surface area contributed by atoms with Crippen molar-refractivity contribution in [2.45, 2.75) is 25.7 Å². The Morgan fingerprint density at radius 2 is 1.92 bits per heavy atom. The fourth-order valence-electron chi connectivity index (χ4n) is 4.10. The van der Waals surface area contributed by atoms with E-state index in [9.17, 15) is 14.4 Å². The molecule has 0 atom stereocenters. The first kappa shape index (κ1) is 18.6. The summed E-state index contributed by atoms with van der Waals surface area (Å²) in [4.78, 5) is 41.5. The molecule has 7 nitrogen and oxygen atoms in total. The van der Waals surface area contributed by atoms with Gasteiger partial charge in [0.25, 0.3) is 11.5 Å². The van der Waals surface area contributed by atoms with Crippen LogP contribution in [0.1, 0.15) is 36.0 Å². The predicted molar refractivity (Wildman–Crippen MR) is 96.9 cm³/mol. The molecule has 0 aliphatic carbocycles. The Morgan fingerprint density at radius 1 is 1.19 bits per heavy atom. The lowest BCUT2D eigenvalue weighted by molar-refractivity contribution is -0.150. The molecule has 1 aromatic heterocycles. The van der Waals surface area contributed by atoms with Gasteiger partial charge in [0.2, 0.25) is 5.91 Å².